The number of carboxylic acids is 1. The van der Waals surface area contributed by atoms with Crippen LogP contribution >= 0.6 is 0 Å². The lowest BCUT2D eigenvalue weighted by molar-refractivity contribution is 0.0688. The molecule has 1 heterocycles. The first-order valence-electron chi connectivity index (χ1n) is 4.93. The molecule has 1 N–H and O–H groups in total. The van der Waals surface area contributed by atoms with E-state index in [4.69, 9.17) is 5.11 Å². The fraction of sp³-hybridized carbons (Fsp3) is 0.0833. The maximum Gasteiger partial charge on any atom is 0.356 e. The van der Waals surface area contributed by atoms with Crippen molar-refractivity contribution in [3.05, 3.63) is 47.3 Å². The van der Waals surface area contributed by atoms with E-state index >= 15 is 0 Å². The third-order valence-corrected chi connectivity index (χ3v) is 2.83. The molecule has 0 fully saturated rings. The highest BCUT2D eigenvalue weighted by Gasteiger charge is 2.24. The van der Waals surface area contributed by atoms with Crippen LogP contribution in [0.25, 0.3) is 11.1 Å². The molecule has 4 nitrogen and oxygen atoms in total. The highest BCUT2D eigenvalue weighted by atomic mass is 16.4. The van der Waals surface area contributed by atoms with Crippen molar-refractivity contribution in [3.63, 3.8) is 0 Å². The van der Waals surface area contributed by atoms with Crippen LogP contribution < -0.4 is 0 Å². The number of benzene rings is 1. The van der Waals surface area contributed by atoms with E-state index in [-0.39, 0.29) is 5.69 Å². The van der Waals surface area contributed by atoms with Gasteiger partial charge in [-0.05, 0) is 11.1 Å². The van der Waals surface area contributed by atoms with Crippen LogP contribution in [0.1, 0.15) is 21.6 Å². The van der Waals surface area contributed by atoms with Gasteiger partial charge < -0.3 is 5.11 Å². The smallest absolute Gasteiger partial charge is 0.356 e. The minimum atomic E-state index is -1.02. The number of carbonyl (C=O) groups is 1. The number of carboxylic acid groups (broad SMARTS) is 1. The summed E-state index contributed by atoms with van der Waals surface area (Å²) in [4.78, 5) is 11.0. The molecule has 0 atom stereocenters. The molecule has 0 radical (unpaired) electrons. The van der Waals surface area contributed by atoms with Crippen molar-refractivity contribution in [1.82, 2.24) is 10.2 Å². The lowest BCUT2D eigenvalue weighted by Crippen LogP contribution is -2.06. The molecule has 1 aliphatic rings. The van der Waals surface area contributed by atoms with E-state index in [1.807, 2.05) is 24.3 Å². The Morgan fingerprint density at radius 2 is 2.06 bits per heavy atom. The molecule has 0 spiro atoms. The van der Waals surface area contributed by atoms with Gasteiger partial charge in [0.1, 0.15) is 0 Å². The van der Waals surface area contributed by atoms with E-state index in [9.17, 15) is 4.79 Å². The summed E-state index contributed by atoms with van der Waals surface area (Å²) in [5, 5.41) is 16.5. The first kappa shape index (κ1) is 9.03. The second kappa shape index (κ2) is 3.13. The zero-order valence-corrected chi connectivity index (χ0v) is 8.34. The molecule has 0 aliphatic heterocycles. The van der Waals surface area contributed by atoms with E-state index in [1.54, 1.807) is 6.20 Å². The second-order valence-electron chi connectivity index (χ2n) is 3.72. The van der Waals surface area contributed by atoms with Crippen molar-refractivity contribution in [2.75, 3.05) is 0 Å². The molecule has 4 heteroatoms. The molecular weight excluding hydrogens is 204 g/mol. The number of aromatic carboxylic acids is 1. The summed E-state index contributed by atoms with van der Waals surface area (Å²) in [7, 11) is 0. The van der Waals surface area contributed by atoms with Crippen LogP contribution in [0.2, 0.25) is 0 Å². The Balaban J connectivity index is 2.28. The lowest BCUT2D eigenvalue weighted by atomic mass is 10.1. The Morgan fingerprint density at radius 3 is 2.88 bits per heavy atom. The molecule has 1 aliphatic carbocycles. The van der Waals surface area contributed by atoms with Gasteiger partial charge in [0.2, 0.25) is 0 Å². The van der Waals surface area contributed by atoms with Gasteiger partial charge in [-0.15, -0.1) is 5.10 Å². The molecule has 0 saturated carbocycles. The molecule has 0 saturated heterocycles. The lowest BCUT2D eigenvalue weighted by Gasteiger charge is -2.01. The first-order valence-corrected chi connectivity index (χ1v) is 4.93. The second-order valence-corrected chi connectivity index (χ2v) is 3.72. The molecular formula is C12H8N2O2. The number of rotatable bonds is 1. The monoisotopic (exact) mass is 212 g/mol. The van der Waals surface area contributed by atoms with E-state index in [0.717, 1.165) is 22.3 Å². The third-order valence-electron chi connectivity index (χ3n) is 2.83. The van der Waals surface area contributed by atoms with Crippen molar-refractivity contribution < 1.29 is 9.90 Å². The van der Waals surface area contributed by atoms with Gasteiger partial charge in [-0.3, -0.25) is 0 Å². The predicted molar refractivity (Wildman–Crippen MR) is 57.2 cm³/mol. The highest BCUT2D eigenvalue weighted by Crippen LogP contribution is 2.36. The average Bonchev–Trinajstić information content (AvgIpc) is 2.67. The van der Waals surface area contributed by atoms with Gasteiger partial charge in [0.05, 0.1) is 6.20 Å². The largest absolute Gasteiger partial charge is 0.476 e. The van der Waals surface area contributed by atoms with Crippen LogP contribution in [-0.2, 0) is 6.42 Å². The standard InChI is InChI=1S/C12H8N2O2/c15-12(16)11-9-5-7-3-1-2-4-8(7)10(9)6-13-14-11/h1-4,6H,5H2,(H,15,16). The van der Waals surface area contributed by atoms with Crippen LogP contribution in [0.5, 0.6) is 0 Å². The summed E-state index contributed by atoms with van der Waals surface area (Å²) < 4.78 is 0. The zero-order valence-electron chi connectivity index (χ0n) is 8.34. The Labute approximate surface area is 91.6 Å². The Morgan fingerprint density at radius 1 is 1.25 bits per heavy atom. The number of fused-ring (bicyclic) bond motifs is 3. The van der Waals surface area contributed by atoms with E-state index in [0.29, 0.717) is 6.42 Å². The molecule has 3 rings (SSSR count). The van der Waals surface area contributed by atoms with Gasteiger partial charge >= 0.3 is 5.97 Å². The Kier molecular flexibility index (Phi) is 1.77. The van der Waals surface area contributed by atoms with Crippen molar-refractivity contribution in [3.8, 4) is 11.1 Å². The fourth-order valence-electron chi connectivity index (χ4n) is 2.12. The van der Waals surface area contributed by atoms with Crippen LogP contribution in [0.3, 0.4) is 0 Å². The molecule has 2 aromatic rings. The quantitative estimate of drug-likeness (QED) is 0.667. The normalized spacial score (nSPS) is 12.0. The molecule has 16 heavy (non-hydrogen) atoms. The van der Waals surface area contributed by atoms with Gasteiger partial charge in [-0.25, -0.2) is 4.79 Å². The van der Waals surface area contributed by atoms with Crippen molar-refractivity contribution >= 4 is 5.97 Å². The zero-order chi connectivity index (χ0) is 11.1. The molecule has 1 aromatic carbocycles. The van der Waals surface area contributed by atoms with Gasteiger partial charge in [0.15, 0.2) is 5.69 Å². The van der Waals surface area contributed by atoms with Crippen LogP contribution in [0, 0.1) is 0 Å². The topological polar surface area (TPSA) is 63.1 Å². The summed E-state index contributed by atoms with van der Waals surface area (Å²) >= 11 is 0. The van der Waals surface area contributed by atoms with E-state index in [1.165, 1.54) is 0 Å². The van der Waals surface area contributed by atoms with Crippen molar-refractivity contribution in [2.45, 2.75) is 6.42 Å². The molecule has 0 unspecified atom stereocenters. The summed E-state index contributed by atoms with van der Waals surface area (Å²) in [5.41, 5.74) is 3.92. The molecule has 78 valence electrons. The first-order chi connectivity index (χ1) is 7.77. The Bertz CT molecular complexity index is 593. The maximum absolute atomic E-state index is 11.0. The van der Waals surface area contributed by atoms with Crippen LogP contribution in [-0.4, -0.2) is 21.3 Å². The summed E-state index contributed by atoms with van der Waals surface area (Å²) in [6, 6.07) is 7.87. The van der Waals surface area contributed by atoms with Crippen molar-refractivity contribution in [2.24, 2.45) is 0 Å². The maximum atomic E-state index is 11.0. The number of nitrogens with zero attached hydrogens (tertiary/aromatic N) is 2. The molecule has 1 aromatic heterocycles. The fourth-order valence-corrected chi connectivity index (χ4v) is 2.12. The van der Waals surface area contributed by atoms with Gasteiger partial charge in [-0.1, -0.05) is 24.3 Å². The minimum absolute atomic E-state index is 0.0636. The van der Waals surface area contributed by atoms with Crippen molar-refractivity contribution in [1.29, 1.82) is 0 Å². The van der Waals surface area contributed by atoms with Crippen LogP contribution in [0.15, 0.2) is 30.5 Å². The summed E-state index contributed by atoms with van der Waals surface area (Å²) in [5.74, 6) is -1.02. The summed E-state index contributed by atoms with van der Waals surface area (Å²) in [6.07, 6.45) is 2.26. The SMILES string of the molecule is O=C(O)c1nncc2c1Cc1ccccc1-2. The van der Waals surface area contributed by atoms with Gasteiger partial charge in [-0.2, -0.15) is 5.10 Å². The predicted octanol–water partition coefficient (Wildman–Crippen LogP) is 1.75. The minimum Gasteiger partial charge on any atom is -0.476 e. The van der Waals surface area contributed by atoms with E-state index < -0.39 is 5.97 Å². The van der Waals surface area contributed by atoms with Gasteiger partial charge in [0.25, 0.3) is 0 Å². The van der Waals surface area contributed by atoms with Gasteiger partial charge in [0, 0.05) is 17.5 Å². The molecule has 0 bridgehead atoms. The highest BCUT2D eigenvalue weighted by molar-refractivity contribution is 5.91. The Hall–Kier alpha value is -2.23. The third kappa shape index (κ3) is 1.13. The van der Waals surface area contributed by atoms with E-state index in [2.05, 4.69) is 10.2 Å². The van der Waals surface area contributed by atoms with Crippen LogP contribution in [0.4, 0.5) is 0 Å². The average molecular weight is 212 g/mol. The molecule has 0 amide bonds. The number of hydrogen-bond donors (Lipinski definition) is 1. The number of hydrogen-bond acceptors (Lipinski definition) is 3. The number of aromatic nitrogens is 2. The summed E-state index contributed by atoms with van der Waals surface area (Å²) in [6.45, 7) is 0.